The molecule has 29 heavy (non-hydrogen) atoms. The number of guanidine groups is 1. The summed E-state index contributed by atoms with van der Waals surface area (Å²) in [5.41, 5.74) is 1.20. The maximum absolute atomic E-state index is 5.35. The highest BCUT2D eigenvalue weighted by molar-refractivity contribution is 5.80. The molecule has 1 N–H and O–H groups in total. The van der Waals surface area contributed by atoms with Crippen molar-refractivity contribution in [3.8, 4) is 5.75 Å². The zero-order chi connectivity index (χ0) is 20.5. The Morgan fingerprint density at radius 3 is 2.86 bits per heavy atom. The Morgan fingerprint density at radius 1 is 1.31 bits per heavy atom. The minimum Gasteiger partial charge on any atom is -0.497 e. The molecule has 1 saturated heterocycles. The molecule has 1 aliphatic heterocycles. The molecule has 0 radical (unpaired) electrons. The number of piperazine rings is 1. The van der Waals surface area contributed by atoms with E-state index in [0.717, 1.165) is 56.7 Å². The normalized spacial score (nSPS) is 14.8. The molecule has 0 amide bonds. The summed E-state index contributed by atoms with van der Waals surface area (Å²) in [5, 5.41) is 11.5. The molecule has 1 fully saturated rings. The Labute approximate surface area is 172 Å². The first kappa shape index (κ1) is 20.7. The molecule has 0 aliphatic carbocycles. The van der Waals surface area contributed by atoms with E-state index in [1.807, 2.05) is 18.2 Å². The first-order valence-electron chi connectivity index (χ1n) is 10.1. The lowest BCUT2D eigenvalue weighted by Gasteiger charge is -2.37. The number of nitrogens with zero attached hydrogens (tertiary/aromatic N) is 6. The molecule has 1 aromatic carbocycles. The highest BCUT2D eigenvalue weighted by Gasteiger charge is 2.20. The second-order valence-electron chi connectivity index (χ2n) is 6.84. The molecular weight excluding hydrogens is 366 g/mol. The van der Waals surface area contributed by atoms with Crippen LogP contribution in [-0.2, 0) is 13.0 Å². The van der Waals surface area contributed by atoms with Crippen molar-refractivity contribution in [3.63, 3.8) is 0 Å². The van der Waals surface area contributed by atoms with Crippen LogP contribution in [0.4, 0.5) is 5.69 Å². The largest absolute Gasteiger partial charge is 0.497 e. The van der Waals surface area contributed by atoms with Gasteiger partial charge in [-0.1, -0.05) is 19.1 Å². The summed E-state index contributed by atoms with van der Waals surface area (Å²) in [4.78, 5) is 9.53. The van der Waals surface area contributed by atoms with Crippen LogP contribution < -0.4 is 15.0 Å². The van der Waals surface area contributed by atoms with Gasteiger partial charge in [0.15, 0.2) is 5.96 Å². The lowest BCUT2D eigenvalue weighted by Crippen LogP contribution is -2.52. The van der Waals surface area contributed by atoms with E-state index < -0.39 is 0 Å². The van der Waals surface area contributed by atoms with Crippen molar-refractivity contribution in [3.05, 3.63) is 49.1 Å². The summed E-state index contributed by atoms with van der Waals surface area (Å²) in [5.74, 6) is 2.81. The first-order valence-corrected chi connectivity index (χ1v) is 10.1. The number of hydrogen-bond donors (Lipinski definition) is 1. The fourth-order valence-electron chi connectivity index (χ4n) is 3.42. The predicted molar refractivity (Wildman–Crippen MR) is 117 cm³/mol. The molecule has 1 aromatic heterocycles. The minimum absolute atomic E-state index is 0.681. The third kappa shape index (κ3) is 5.49. The third-order valence-corrected chi connectivity index (χ3v) is 5.02. The van der Waals surface area contributed by atoms with Crippen molar-refractivity contribution < 1.29 is 4.74 Å². The highest BCUT2D eigenvalue weighted by Crippen LogP contribution is 2.22. The quantitative estimate of drug-likeness (QED) is 0.416. The Morgan fingerprint density at radius 2 is 2.14 bits per heavy atom. The number of methoxy groups -OCH3 is 1. The molecule has 0 atom stereocenters. The van der Waals surface area contributed by atoms with Gasteiger partial charge in [0.05, 0.1) is 13.7 Å². The van der Waals surface area contributed by atoms with Gasteiger partial charge in [0.2, 0.25) is 0 Å². The van der Waals surface area contributed by atoms with E-state index in [-0.39, 0.29) is 0 Å². The van der Waals surface area contributed by atoms with Gasteiger partial charge < -0.3 is 24.4 Å². The Balaban J connectivity index is 1.59. The summed E-state index contributed by atoms with van der Waals surface area (Å²) in [6, 6.07) is 8.23. The van der Waals surface area contributed by atoms with Crippen LogP contribution in [0.2, 0.25) is 0 Å². The number of aryl methyl sites for hydroxylation is 1. The molecule has 156 valence electrons. The van der Waals surface area contributed by atoms with Crippen molar-refractivity contribution in [2.75, 3.05) is 51.3 Å². The van der Waals surface area contributed by atoms with Gasteiger partial charge in [-0.15, -0.1) is 16.8 Å². The standard InChI is InChI=1S/C21H31N7O/c1-4-9-22-21(23-10-11-28-17-24-25-20(28)5-2)27-14-12-26(13-15-27)18-7-6-8-19(16-18)29-3/h4,6-8,16-17H,1,5,9-15H2,2-3H3,(H,22,23). The predicted octanol–water partition coefficient (Wildman–Crippen LogP) is 1.80. The number of benzene rings is 1. The van der Waals surface area contributed by atoms with Crippen molar-refractivity contribution in [1.82, 2.24) is 25.0 Å². The molecule has 8 heteroatoms. The van der Waals surface area contributed by atoms with Gasteiger partial charge >= 0.3 is 0 Å². The number of hydrogen-bond acceptors (Lipinski definition) is 5. The molecular formula is C21H31N7O. The molecule has 2 heterocycles. The lowest BCUT2D eigenvalue weighted by molar-refractivity contribution is 0.372. The van der Waals surface area contributed by atoms with E-state index >= 15 is 0 Å². The van der Waals surface area contributed by atoms with E-state index in [1.165, 1.54) is 5.69 Å². The van der Waals surface area contributed by atoms with E-state index in [2.05, 4.69) is 55.5 Å². The number of aromatic nitrogens is 3. The summed E-state index contributed by atoms with van der Waals surface area (Å²) in [6.45, 7) is 11.7. The zero-order valence-corrected chi connectivity index (χ0v) is 17.4. The highest BCUT2D eigenvalue weighted by atomic mass is 16.5. The zero-order valence-electron chi connectivity index (χ0n) is 17.4. The molecule has 0 bridgehead atoms. The number of ether oxygens (including phenoxy) is 1. The molecule has 2 aromatic rings. The maximum Gasteiger partial charge on any atom is 0.194 e. The van der Waals surface area contributed by atoms with Gasteiger partial charge in [-0.3, -0.25) is 4.99 Å². The number of nitrogens with one attached hydrogen (secondary N) is 1. The smallest absolute Gasteiger partial charge is 0.194 e. The first-order chi connectivity index (χ1) is 14.2. The molecule has 0 spiro atoms. The van der Waals surface area contributed by atoms with Gasteiger partial charge in [-0.25, -0.2) is 0 Å². The van der Waals surface area contributed by atoms with Gasteiger partial charge in [0, 0.05) is 57.4 Å². The van der Waals surface area contributed by atoms with Gasteiger partial charge in [0.25, 0.3) is 0 Å². The molecule has 0 unspecified atom stereocenters. The van der Waals surface area contributed by atoms with E-state index in [1.54, 1.807) is 13.4 Å². The van der Waals surface area contributed by atoms with Crippen LogP contribution in [0.3, 0.4) is 0 Å². The average molecular weight is 398 g/mol. The molecule has 8 nitrogen and oxygen atoms in total. The average Bonchev–Trinajstić information content (AvgIpc) is 3.24. The fraction of sp³-hybridized carbons (Fsp3) is 0.476. The SMILES string of the molecule is C=CCNC(=NCCn1cnnc1CC)N1CCN(c2cccc(OC)c2)CC1. The summed E-state index contributed by atoms with van der Waals surface area (Å²) >= 11 is 0. The van der Waals surface area contributed by atoms with Crippen LogP contribution in [0, 0.1) is 0 Å². The summed E-state index contributed by atoms with van der Waals surface area (Å²) < 4.78 is 7.42. The second kappa shape index (κ2) is 10.5. The topological polar surface area (TPSA) is 70.8 Å². The lowest BCUT2D eigenvalue weighted by atomic mass is 10.2. The maximum atomic E-state index is 5.35. The van der Waals surface area contributed by atoms with Crippen LogP contribution in [0.25, 0.3) is 0 Å². The van der Waals surface area contributed by atoms with Crippen molar-refractivity contribution >= 4 is 11.6 Å². The van der Waals surface area contributed by atoms with Gasteiger partial charge in [-0.2, -0.15) is 0 Å². The number of anilines is 1. The van der Waals surface area contributed by atoms with E-state index in [9.17, 15) is 0 Å². The van der Waals surface area contributed by atoms with Crippen LogP contribution in [0.1, 0.15) is 12.7 Å². The van der Waals surface area contributed by atoms with Crippen LogP contribution >= 0.6 is 0 Å². The van der Waals surface area contributed by atoms with Crippen molar-refractivity contribution in [2.24, 2.45) is 4.99 Å². The van der Waals surface area contributed by atoms with E-state index in [4.69, 9.17) is 9.73 Å². The van der Waals surface area contributed by atoms with Crippen LogP contribution in [0.15, 0.2) is 48.2 Å². The third-order valence-electron chi connectivity index (χ3n) is 5.02. The summed E-state index contributed by atoms with van der Waals surface area (Å²) in [6.07, 6.45) is 4.51. The number of aliphatic imine (C=N–C) groups is 1. The monoisotopic (exact) mass is 397 g/mol. The van der Waals surface area contributed by atoms with Crippen molar-refractivity contribution in [2.45, 2.75) is 19.9 Å². The number of rotatable bonds is 8. The Hall–Kier alpha value is -3.03. The summed E-state index contributed by atoms with van der Waals surface area (Å²) in [7, 11) is 1.70. The van der Waals surface area contributed by atoms with Crippen LogP contribution in [0.5, 0.6) is 5.75 Å². The van der Waals surface area contributed by atoms with Gasteiger partial charge in [-0.05, 0) is 12.1 Å². The Bertz CT molecular complexity index is 809. The second-order valence-corrected chi connectivity index (χ2v) is 6.84. The Kier molecular flexibility index (Phi) is 7.49. The van der Waals surface area contributed by atoms with E-state index in [0.29, 0.717) is 13.1 Å². The van der Waals surface area contributed by atoms with Crippen molar-refractivity contribution in [1.29, 1.82) is 0 Å². The van der Waals surface area contributed by atoms with Gasteiger partial charge in [0.1, 0.15) is 17.9 Å². The van der Waals surface area contributed by atoms with Crippen LogP contribution in [-0.4, -0.2) is 72.0 Å². The minimum atomic E-state index is 0.681. The molecule has 3 rings (SSSR count). The molecule has 0 saturated carbocycles. The fourth-order valence-corrected chi connectivity index (χ4v) is 3.42. The molecule has 1 aliphatic rings.